The molecule has 0 aromatic rings. The van der Waals surface area contributed by atoms with Crippen molar-refractivity contribution in [3.8, 4) is 0 Å². The number of unbranched alkanes of at least 4 members (excludes halogenated alkanes) is 38. The van der Waals surface area contributed by atoms with Crippen LogP contribution in [0.25, 0.3) is 0 Å². The van der Waals surface area contributed by atoms with E-state index < -0.39 is 97.5 Å². The summed E-state index contributed by atoms with van der Waals surface area (Å²) in [7, 11) is -9.89. The Hall–Kier alpha value is -1.94. The number of hydrogen-bond acceptors (Lipinski definition) is 15. The summed E-state index contributed by atoms with van der Waals surface area (Å²) in [5.74, 6) is -1.43. The first kappa shape index (κ1) is 83.1. The summed E-state index contributed by atoms with van der Waals surface area (Å²) in [6.07, 6.45) is 44.4. The van der Waals surface area contributed by atoms with E-state index in [-0.39, 0.29) is 25.7 Å². The number of esters is 4. The lowest BCUT2D eigenvalue weighted by molar-refractivity contribution is -0.161. The van der Waals surface area contributed by atoms with Crippen LogP contribution in [0.5, 0.6) is 0 Å². The molecule has 0 aromatic carbocycles. The molecule has 19 heteroatoms. The van der Waals surface area contributed by atoms with E-state index in [1.807, 2.05) is 0 Å². The summed E-state index contributed by atoms with van der Waals surface area (Å²) in [4.78, 5) is 72.3. The van der Waals surface area contributed by atoms with E-state index in [2.05, 4.69) is 34.6 Å². The molecule has 0 bridgehead atoms. The van der Waals surface area contributed by atoms with E-state index >= 15 is 0 Å². The van der Waals surface area contributed by atoms with Gasteiger partial charge in [0.05, 0.1) is 26.4 Å². The standard InChI is InChI=1S/C66H128O17P2/c1-6-9-12-15-18-21-23-25-26-28-31-36-41-46-51-65(70)82-61(55-77-64(69)50-45-40-35-30-27-24-22-19-16-13-10-7-2)57-80-84(72,73)78-53-60(67)54-79-85(74,75)81-58-62(56-76-63(68)49-44-39-34-29-20-17-14-11-8-3)83-66(71)52-47-42-37-32-33-38-43-48-59(4)5/h59-62,67H,6-58H2,1-5H3,(H,72,73)(H,74,75)/t60-,61-,62-/m1/s1. The Labute approximate surface area is 517 Å². The summed E-state index contributed by atoms with van der Waals surface area (Å²) < 4.78 is 68.1. The molecule has 0 aliphatic heterocycles. The molecule has 504 valence electrons. The number of carbonyl (C=O) groups is 4. The Morgan fingerprint density at radius 3 is 0.800 bits per heavy atom. The summed E-state index contributed by atoms with van der Waals surface area (Å²) in [6.45, 7) is 7.14. The van der Waals surface area contributed by atoms with Crippen molar-refractivity contribution in [3.05, 3.63) is 0 Å². The Kier molecular flexibility index (Phi) is 58.3. The number of phosphoric ester groups is 2. The lowest BCUT2D eigenvalue weighted by atomic mass is 10.0. The van der Waals surface area contributed by atoms with E-state index in [0.717, 1.165) is 89.9 Å². The monoisotopic (exact) mass is 1250 g/mol. The van der Waals surface area contributed by atoms with Crippen LogP contribution in [-0.2, 0) is 65.4 Å². The topological polar surface area (TPSA) is 237 Å². The average molecular weight is 1260 g/mol. The largest absolute Gasteiger partial charge is 0.472 e. The maximum absolute atomic E-state index is 13.0. The van der Waals surface area contributed by atoms with Gasteiger partial charge in [-0.15, -0.1) is 0 Å². The fraction of sp³-hybridized carbons (Fsp3) is 0.939. The van der Waals surface area contributed by atoms with Gasteiger partial charge in [0.15, 0.2) is 12.2 Å². The van der Waals surface area contributed by atoms with Crippen molar-refractivity contribution in [3.63, 3.8) is 0 Å². The van der Waals surface area contributed by atoms with Crippen molar-refractivity contribution in [2.45, 2.75) is 355 Å². The fourth-order valence-corrected chi connectivity index (χ4v) is 11.5. The molecule has 0 heterocycles. The van der Waals surface area contributed by atoms with E-state index in [9.17, 15) is 43.2 Å². The molecule has 3 N–H and O–H groups in total. The molecule has 0 fully saturated rings. The zero-order valence-corrected chi connectivity index (χ0v) is 56.5. The molecule has 0 rings (SSSR count). The Bertz CT molecular complexity index is 1650. The molecule has 0 aliphatic rings. The van der Waals surface area contributed by atoms with Gasteiger partial charge in [0.2, 0.25) is 0 Å². The van der Waals surface area contributed by atoms with Gasteiger partial charge in [0, 0.05) is 25.7 Å². The summed E-state index contributed by atoms with van der Waals surface area (Å²) in [5, 5.41) is 10.5. The zero-order valence-electron chi connectivity index (χ0n) is 54.7. The summed E-state index contributed by atoms with van der Waals surface area (Å²) in [6, 6.07) is 0. The van der Waals surface area contributed by atoms with Crippen LogP contribution in [0.15, 0.2) is 0 Å². The minimum atomic E-state index is -4.95. The molecule has 2 unspecified atom stereocenters. The highest BCUT2D eigenvalue weighted by Gasteiger charge is 2.30. The molecule has 5 atom stereocenters. The molecule has 0 saturated heterocycles. The van der Waals surface area contributed by atoms with Gasteiger partial charge in [-0.2, -0.15) is 0 Å². The summed E-state index contributed by atoms with van der Waals surface area (Å²) in [5.41, 5.74) is 0. The minimum absolute atomic E-state index is 0.104. The molecule has 85 heavy (non-hydrogen) atoms. The normalized spacial score (nSPS) is 14.2. The second kappa shape index (κ2) is 59.7. The smallest absolute Gasteiger partial charge is 0.462 e. The lowest BCUT2D eigenvalue weighted by Crippen LogP contribution is -2.30. The molecule has 0 aromatic heterocycles. The lowest BCUT2D eigenvalue weighted by Gasteiger charge is -2.21. The first-order valence-corrected chi connectivity index (χ1v) is 37.6. The third kappa shape index (κ3) is 60.7. The second-order valence-electron chi connectivity index (χ2n) is 24.3. The molecule has 0 spiro atoms. The third-order valence-electron chi connectivity index (χ3n) is 15.3. The van der Waals surface area contributed by atoms with E-state index in [1.54, 1.807) is 0 Å². The van der Waals surface area contributed by atoms with Gasteiger partial charge in [-0.1, -0.05) is 285 Å². The second-order valence-corrected chi connectivity index (χ2v) is 27.2. The van der Waals surface area contributed by atoms with Crippen molar-refractivity contribution in [1.82, 2.24) is 0 Å². The number of hydrogen-bond donors (Lipinski definition) is 3. The van der Waals surface area contributed by atoms with Gasteiger partial charge in [-0.3, -0.25) is 37.3 Å². The van der Waals surface area contributed by atoms with Gasteiger partial charge in [-0.05, 0) is 31.6 Å². The van der Waals surface area contributed by atoms with Gasteiger partial charge in [0.1, 0.15) is 19.3 Å². The van der Waals surface area contributed by atoms with Crippen molar-refractivity contribution >= 4 is 39.5 Å². The van der Waals surface area contributed by atoms with Gasteiger partial charge < -0.3 is 33.8 Å². The number of ether oxygens (including phenoxy) is 4. The van der Waals surface area contributed by atoms with Crippen LogP contribution in [0.1, 0.15) is 336 Å². The SMILES string of the molecule is CCCCCCCCCCCCCCCCC(=O)O[C@H](COC(=O)CCCCCCCCCCCCCC)COP(=O)(O)OC[C@@H](O)COP(=O)(O)OC[C@@H](COC(=O)CCCCCCCCCCC)OC(=O)CCCCCCCCCC(C)C. The van der Waals surface area contributed by atoms with E-state index in [0.29, 0.717) is 31.6 Å². The number of aliphatic hydroxyl groups excluding tert-OH is 1. The minimum Gasteiger partial charge on any atom is -0.462 e. The van der Waals surface area contributed by atoms with Crippen molar-refractivity contribution < 1.29 is 80.2 Å². The van der Waals surface area contributed by atoms with Crippen LogP contribution in [0.4, 0.5) is 0 Å². The first-order valence-electron chi connectivity index (χ1n) is 34.6. The first-order chi connectivity index (χ1) is 41.0. The van der Waals surface area contributed by atoms with Gasteiger partial charge in [-0.25, -0.2) is 9.13 Å². The Balaban J connectivity index is 5.23. The number of rotatable bonds is 66. The quantitative estimate of drug-likeness (QED) is 0.0222. The van der Waals surface area contributed by atoms with Crippen LogP contribution in [-0.4, -0.2) is 96.7 Å². The van der Waals surface area contributed by atoms with Gasteiger partial charge >= 0.3 is 39.5 Å². The van der Waals surface area contributed by atoms with Crippen LogP contribution >= 0.6 is 15.6 Å². The van der Waals surface area contributed by atoms with Crippen LogP contribution < -0.4 is 0 Å². The molecular weight excluding hydrogens is 1130 g/mol. The third-order valence-corrected chi connectivity index (χ3v) is 17.2. The van der Waals surface area contributed by atoms with Crippen LogP contribution in [0.2, 0.25) is 0 Å². The van der Waals surface area contributed by atoms with Crippen molar-refractivity contribution in [1.29, 1.82) is 0 Å². The number of carbonyl (C=O) groups excluding carboxylic acids is 4. The van der Waals surface area contributed by atoms with Gasteiger partial charge in [0.25, 0.3) is 0 Å². The highest BCUT2D eigenvalue weighted by atomic mass is 31.2. The maximum atomic E-state index is 13.0. The van der Waals surface area contributed by atoms with Crippen LogP contribution in [0.3, 0.4) is 0 Å². The molecule has 0 amide bonds. The van der Waals surface area contributed by atoms with E-state index in [4.69, 9.17) is 37.0 Å². The van der Waals surface area contributed by atoms with E-state index in [1.165, 1.54) is 161 Å². The Morgan fingerprint density at radius 1 is 0.318 bits per heavy atom. The molecule has 0 saturated carbocycles. The van der Waals surface area contributed by atoms with Crippen molar-refractivity contribution in [2.24, 2.45) is 5.92 Å². The predicted molar refractivity (Wildman–Crippen MR) is 340 cm³/mol. The summed E-state index contributed by atoms with van der Waals surface area (Å²) >= 11 is 0. The Morgan fingerprint density at radius 2 is 0.541 bits per heavy atom. The average Bonchev–Trinajstić information content (AvgIpc) is 3.51. The predicted octanol–water partition coefficient (Wildman–Crippen LogP) is 18.6. The molecule has 0 aliphatic carbocycles. The number of aliphatic hydroxyl groups is 1. The molecular formula is C66H128O17P2. The fourth-order valence-electron chi connectivity index (χ4n) is 9.94. The zero-order chi connectivity index (χ0) is 62.8. The molecule has 17 nitrogen and oxygen atoms in total. The maximum Gasteiger partial charge on any atom is 0.472 e. The highest BCUT2D eigenvalue weighted by Crippen LogP contribution is 2.45. The van der Waals surface area contributed by atoms with Crippen LogP contribution in [0, 0.1) is 5.92 Å². The highest BCUT2D eigenvalue weighted by molar-refractivity contribution is 7.47. The van der Waals surface area contributed by atoms with Crippen molar-refractivity contribution in [2.75, 3.05) is 39.6 Å². The molecule has 0 radical (unpaired) electrons. The number of phosphoric acid groups is 2.